The van der Waals surface area contributed by atoms with Crippen LogP contribution in [0.3, 0.4) is 0 Å². The second kappa shape index (κ2) is 10.7. The van der Waals surface area contributed by atoms with Crippen LogP contribution in [0.2, 0.25) is 0 Å². The Morgan fingerprint density at radius 2 is 1.84 bits per heavy atom. The average molecular weight is 521 g/mol. The molecular formula is C27H23F3N6O2. The van der Waals surface area contributed by atoms with Crippen LogP contribution in [-0.4, -0.2) is 31.8 Å². The molecule has 0 saturated heterocycles. The molecule has 0 aliphatic heterocycles. The van der Waals surface area contributed by atoms with Crippen LogP contribution in [0.1, 0.15) is 47.1 Å². The Labute approximate surface area is 216 Å². The second-order valence-corrected chi connectivity index (χ2v) is 8.48. The van der Waals surface area contributed by atoms with E-state index in [0.717, 1.165) is 23.1 Å². The number of hydrogen-bond acceptors (Lipinski definition) is 5. The van der Waals surface area contributed by atoms with Crippen molar-refractivity contribution in [1.82, 2.24) is 24.6 Å². The van der Waals surface area contributed by atoms with E-state index in [0.29, 0.717) is 29.9 Å². The topological polar surface area (TPSA) is 106 Å². The largest absolute Gasteiger partial charge is 0.416 e. The molecule has 0 bridgehead atoms. The number of carbonyl (C=O) groups is 1. The number of aromatic nitrogens is 4. The summed E-state index contributed by atoms with van der Waals surface area (Å²) in [6.45, 7) is 3.80. The fraction of sp³-hybridized carbons (Fsp3) is 0.222. The summed E-state index contributed by atoms with van der Waals surface area (Å²) in [5, 5.41) is 16.1. The van der Waals surface area contributed by atoms with Crippen molar-refractivity contribution in [1.29, 1.82) is 5.26 Å². The lowest BCUT2D eigenvalue weighted by Gasteiger charge is -2.18. The molecular weight excluding hydrogens is 497 g/mol. The van der Waals surface area contributed by atoms with E-state index in [2.05, 4.69) is 15.4 Å². The van der Waals surface area contributed by atoms with E-state index < -0.39 is 28.9 Å². The number of carbonyl (C=O) groups excluding carboxylic acids is 1. The Balaban J connectivity index is 1.95. The molecule has 1 N–H and O–H groups in total. The van der Waals surface area contributed by atoms with Crippen LogP contribution in [0, 0.1) is 18.3 Å². The highest BCUT2D eigenvalue weighted by molar-refractivity contribution is 5.92. The molecule has 11 heteroatoms. The van der Waals surface area contributed by atoms with Gasteiger partial charge in [-0.05, 0) is 61.9 Å². The Morgan fingerprint density at radius 3 is 2.50 bits per heavy atom. The molecule has 0 spiro atoms. The number of alkyl halides is 3. The molecule has 0 aliphatic carbocycles. The van der Waals surface area contributed by atoms with Crippen LogP contribution in [-0.2, 0) is 6.18 Å². The van der Waals surface area contributed by atoms with E-state index in [9.17, 15) is 22.8 Å². The number of rotatable bonds is 7. The molecule has 194 valence electrons. The van der Waals surface area contributed by atoms with Crippen LogP contribution < -0.4 is 10.9 Å². The van der Waals surface area contributed by atoms with Crippen molar-refractivity contribution in [2.24, 2.45) is 0 Å². The van der Waals surface area contributed by atoms with Gasteiger partial charge >= 0.3 is 6.18 Å². The van der Waals surface area contributed by atoms with Crippen molar-refractivity contribution >= 4 is 5.91 Å². The summed E-state index contributed by atoms with van der Waals surface area (Å²) in [6, 6.07) is 14.5. The van der Waals surface area contributed by atoms with E-state index in [-0.39, 0.29) is 17.1 Å². The summed E-state index contributed by atoms with van der Waals surface area (Å²) >= 11 is 0. The molecule has 0 radical (unpaired) electrons. The fourth-order valence-corrected chi connectivity index (χ4v) is 3.96. The molecule has 4 aromatic rings. The summed E-state index contributed by atoms with van der Waals surface area (Å²) in [7, 11) is 0. The lowest BCUT2D eigenvalue weighted by atomic mass is 10.1. The molecule has 1 amide bonds. The Morgan fingerprint density at radius 1 is 1.11 bits per heavy atom. The number of halogens is 3. The van der Waals surface area contributed by atoms with Crippen molar-refractivity contribution in [3.63, 3.8) is 0 Å². The zero-order valence-corrected chi connectivity index (χ0v) is 20.6. The quantitative estimate of drug-likeness (QED) is 0.352. The van der Waals surface area contributed by atoms with E-state index in [4.69, 9.17) is 5.26 Å². The van der Waals surface area contributed by atoms with E-state index >= 15 is 0 Å². The number of benzene rings is 2. The minimum Gasteiger partial charge on any atom is -0.351 e. The molecule has 0 fully saturated rings. The van der Waals surface area contributed by atoms with Crippen LogP contribution in [0.4, 0.5) is 13.2 Å². The maximum absolute atomic E-state index is 13.5. The van der Waals surface area contributed by atoms with Gasteiger partial charge < -0.3 is 5.32 Å². The zero-order valence-electron chi connectivity index (χ0n) is 20.6. The van der Waals surface area contributed by atoms with Crippen LogP contribution in [0.25, 0.3) is 22.8 Å². The Hall–Kier alpha value is -4.72. The SMILES string of the molecule is CCCCNC(=O)c1nc(-c2ccnn2-c2ccc(C#N)cc2)c(C)n(-c2cccc(C(F)(F)F)c2)c1=O. The summed E-state index contributed by atoms with van der Waals surface area (Å²) in [5.41, 5.74) is -0.461. The predicted molar refractivity (Wildman–Crippen MR) is 134 cm³/mol. The number of nitrogens with zero attached hydrogens (tertiary/aromatic N) is 5. The van der Waals surface area contributed by atoms with Crippen molar-refractivity contribution in [3.05, 3.63) is 93.7 Å². The smallest absolute Gasteiger partial charge is 0.351 e. The van der Waals surface area contributed by atoms with E-state index in [1.165, 1.54) is 23.0 Å². The number of nitrogens with one attached hydrogen (secondary N) is 1. The predicted octanol–water partition coefficient (Wildman–Crippen LogP) is 4.81. The monoisotopic (exact) mass is 520 g/mol. The lowest BCUT2D eigenvalue weighted by molar-refractivity contribution is -0.137. The standard InChI is InChI=1S/C27H23F3N6O2/c1-3-4-13-32-25(37)24-26(38)35(21-7-5-6-19(15-21)27(28,29)30)17(2)23(34-24)22-12-14-33-36(22)20-10-8-18(16-31)9-11-20/h5-12,14-15H,3-4,13H2,1-2H3,(H,32,37). The summed E-state index contributed by atoms with van der Waals surface area (Å²) < 4.78 is 43.0. The van der Waals surface area contributed by atoms with Gasteiger partial charge in [0, 0.05) is 12.2 Å². The lowest BCUT2D eigenvalue weighted by Crippen LogP contribution is -2.36. The second-order valence-electron chi connectivity index (χ2n) is 8.48. The van der Waals surface area contributed by atoms with Gasteiger partial charge in [0.1, 0.15) is 5.69 Å². The number of hydrogen-bond donors (Lipinski definition) is 1. The summed E-state index contributed by atoms with van der Waals surface area (Å²) in [4.78, 5) is 30.9. The van der Waals surface area contributed by atoms with E-state index in [1.807, 2.05) is 13.0 Å². The molecule has 0 saturated carbocycles. The molecule has 0 atom stereocenters. The summed E-state index contributed by atoms with van der Waals surface area (Å²) in [6.07, 6.45) is -1.64. The van der Waals surface area contributed by atoms with Gasteiger partial charge in [-0.2, -0.15) is 23.5 Å². The van der Waals surface area contributed by atoms with Gasteiger partial charge in [0.25, 0.3) is 11.5 Å². The molecule has 0 aliphatic rings. The molecule has 2 heterocycles. The Bertz CT molecular complexity index is 1580. The van der Waals surface area contributed by atoms with Gasteiger partial charge in [0.05, 0.1) is 40.5 Å². The highest BCUT2D eigenvalue weighted by Gasteiger charge is 2.31. The zero-order chi connectivity index (χ0) is 27.4. The number of nitriles is 1. The van der Waals surface area contributed by atoms with Gasteiger partial charge in [0.15, 0.2) is 5.69 Å². The highest BCUT2D eigenvalue weighted by atomic mass is 19.4. The third-order valence-corrected chi connectivity index (χ3v) is 5.90. The van der Waals surface area contributed by atoms with Gasteiger partial charge in [-0.1, -0.05) is 19.4 Å². The van der Waals surface area contributed by atoms with Gasteiger partial charge in [-0.15, -0.1) is 0 Å². The maximum atomic E-state index is 13.5. The summed E-state index contributed by atoms with van der Waals surface area (Å²) in [5.74, 6) is -0.727. The third kappa shape index (κ3) is 5.20. The van der Waals surface area contributed by atoms with Crippen molar-refractivity contribution in [2.45, 2.75) is 32.9 Å². The van der Waals surface area contributed by atoms with Gasteiger partial charge in [0.2, 0.25) is 0 Å². The van der Waals surface area contributed by atoms with Gasteiger partial charge in [-0.3, -0.25) is 14.2 Å². The van der Waals surface area contributed by atoms with E-state index in [1.54, 1.807) is 37.3 Å². The van der Waals surface area contributed by atoms with Crippen LogP contribution >= 0.6 is 0 Å². The Kier molecular flexibility index (Phi) is 7.43. The van der Waals surface area contributed by atoms with Crippen molar-refractivity contribution < 1.29 is 18.0 Å². The van der Waals surface area contributed by atoms with Crippen molar-refractivity contribution in [2.75, 3.05) is 6.54 Å². The minimum absolute atomic E-state index is 0.0574. The van der Waals surface area contributed by atoms with Crippen LogP contribution in [0.5, 0.6) is 0 Å². The third-order valence-electron chi connectivity index (χ3n) is 5.90. The number of amides is 1. The minimum atomic E-state index is -4.63. The normalized spacial score (nSPS) is 11.3. The number of unbranched alkanes of at least 4 members (excludes halogenated alkanes) is 1. The van der Waals surface area contributed by atoms with Crippen LogP contribution in [0.15, 0.2) is 65.6 Å². The first-order valence-corrected chi connectivity index (χ1v) is 11.8. The molecule has 2 aromatic heterocycles. The molecule has 0 unspecified atom stereocenters. The highest BCUT2D eigenvalue weighted by Crippen LogP contribution is 2.31. The average Bonchev–Trinajstić information content (AvgIpc) is 3.38. The van der Waals surface area contributed by atoms with Gasteiger partial charge in [-0.25, -0.2) is 9.67 Å². The molecule has 8 nitrogen and oxygen atoms in total. The van der Waals surface area contributed by atoms with Crippen molar-refractivity contribution in [3.8, 4) is 28.8 Å². The first kappa shape index (κ1) is 26.3. The fourth-order valence-electron chi connectivity index (χ4n) is 3.96. The molecule has 2 aromatic carbocycles. The molecule has 38 heavy (non-hydrogen) atoms. The maximum Gasteiger partial charge on any atom is 0.416 e. The molecule has 4 rings (SSSR count). The first-order valence-electron chi connectivity index (χ1n) is 11.8. The first-order chi connectivity index (χ1) is 18.2.